The fraction of sp³-hybridized carbons (Fsp3) is 0.545. The molecule has 7 N–H and O–H groups in total. The van der Waals surface area contributed by atoms with Gasteiger partial charge in [-0.3, -0.25) is 14.4 Å². The van der Waals surface area contributed by atoms with Crippen molar-refractivity contribution in [1.29, 1.82) is 0 Å². The first-order chi connectivity index (χ1) is 14.9. The van der Waals surface area contributed by atoms with E-state index in [4.69, 9.17) is 5.73 Å². The molecule has 3 unspecified atom stereocenters. The fourth-order valence-electron chi connectivity index (χ4n) is 2.88. The zero-order chi connectivity index (χ0) is 24.4. The third kappa shape index (κ3) is 9.34. The van der Waals surface area contributed by atoms with E-state index < -0.39 is 48.4 Å². The summed E-state index contributed by atoms with van der Waals surface area (Å²) in [6.45, 7) is 6.93. The number of aliphatic carboxylic acids is 1. The number of nitrogens with one attached hydrogen (secondary N) is 3. The number of rotatable bonds is 12. The number of benzene rings is 1. The number of carbonyl (C=O) groups is 4. The number of nitrogens with two attached hydrogens (primary N) is 1. The molecule has 178 valence electrons. The first-order valence-corrected chi connectivity index (χ1v) is 10.5. The molecule has 0 bridgehead atoms. The molecule has 0 aromatic heterocycles. The van der Waals surface area contributed by atoms with Crippen LogP contribution >= 0.6 is 0 Å². The molecule has 0 aliphatic carbocycles. The number of carboxylic acid groups (broad SMARTS) is 1. The van der Waals surface area contributed by atoms with Crippen molar-refractivity contribution in [2.45, 2.75) is 58.7 Å². The van der Waals surface area contributed by atoms with Crippen molar-refractivity contribution in [3.63, 3.8) is 0 Å². The van der Waals surface area contributed by atoms with E-state index in [9.17, 15) is 29.4 Å². The van der Waals surface area contributed by atoms with Crippen LogP contribution in [-0.4, -0.2) is 58.6 Å². The highest BCUT2D eigenvalue weighted by molar-refractivity contribution is 5.92. The molecule has 3 amide bonds. The Bertz CT molecular complexity index is 794. The zero-order valence-electron chi connectivity index (χ0n) is 18.9. The molecule has 10 heteroatoms. The number of hydrogen-bond donors (Lipinski definition) is 6. The lowest BCUT2D eigenvalue weighted by atomic mass is 10.0. The van der Waals surface area contributed by atoms with Gasteiger partial charge in [-0.15, -0.1) is 0 Å². The molecule has 10 nitrogen and oxygen atoms in total. The number of aromatic hydroxyl groups is 1. The number of phenolic OH excluding ortho intramolecular Hbond substituents is 1. The minimum atomic E-state index is -1.23. The van der Waals surface area contributed by atoms with E-state index in [2.05, 4.69) is 16.0 Å². The van der Waals surface area contributed by atoms with Crippen LogP contribution < -0.4 is 21.7 Å². The molecule has 1 aromatic carbocycles. The standard InChI is InChI=1S/C22H34N4O6/c1-12(2)9-16(26-21(30)19(23)13(3)4)20(29)24-11-18(28)25-17(22(31)32)10-14-5-7-15(27)8-6-14/h5-8,12-13,16-17,19,27H,9-11,23H2,1-4H3,(H,24,29)(H,25,28)(H,26,30)(H,31,32). The lowest BCUT2D eigenvalue weighted by Crippen LogP contribution is -2.54. The Morgan fingerprint density at radius 1 is 0.938 bits per heavy atom. The molecule has 0 saturated heterocycles. The Morgan fingerprint density at radius 2 is 1.53 bits per heavy atom. The van der Waals surface area contributed by atoms with Gasteiger partial charge in [0.2, 0.25) is 17.7 Å². The predicted molar refractivity (Wildman–Crippen MR) is 119 cm³/mol. The minimum absolute atomic E-state index is 0.00836. The number of phenols is 1. The van der Waals surface area contributed by atoms with Crippen molar-refractivity contribution in [2.24, 2.45) is 17.6 Å². The van der Waals surface area contributed by atoms with Gasteiger partial charge in [-0.25, -0.2) is 4.79 Å². The first kappa shape index (κ1) is 26.9. The monoisotopic (exact) mass is 450 g/mol. The summed E-state index contributed by atoms with van der Waals surface area (Å²) < 4.78 is 0. The summed E-state index contributed by atoms with van der Waals surface area (Å²) in [5, 5.41) is 26.1. The second kappa shape index (κ2) is 12.7. The minimum Gasteiger partial charge on any atom is -0.508 e. The molecule has 0 fully saturated rings. The Kier molecular flexibility index (Phi) is 10.6. The molecule has 1 aromatic rings. The lowest BCUT2D eigenvalue weighted by Gasteiger charge is -2.23. The molecule has 0 aliphatic heterocycles. The summed E-state index contributed by atoms with van der Waals surface area (Å²) >= 11 is 0. The molecule has 0 radical (unpaired) electrons. The largest absolute Gasteiger partial charge is 0.508 e. The van der Waals surface area contributed by atoms with Gasteiger partial charge in [0.15, 0.2) is 0 Å². The van der Waals surface area contributed by atoms with E-state index in [1.165, 1.54) is 12.1 Å². The van der Waals surface area contributed by atoms with E-state index in [0.717, 1.165) is 0 Å². The highest BCUT2D eigenvalue weighted by Gasteiger charge is 2.27. The van der Waals surface area contributed by atoms with Crippen LogP contribution in [-0.2, 0) is 25.6 Å². The highest BCUT2D eigenvalue weighted by Crippen LogP contribution is 2.11. The molecular formula is C22H34N4O6. The summed E-state index contributed by atoms with van der Waals surface area (Å²) in [5.74, 6) is -2.89. The molecule has 32 heavy (non-hydrogen) atoms. The maximum Gasteiger partial charge on any atom is 0.326 e. The van der Waals surface area contributed by atoms with Crippen molar-refractivity contribution < 1.29 is 29.4 Å². The predicted octanol–water partition coefficient (Wildman–Crippen LogP) is 0.135. The normalized spacial score (nSPS) is 13.8. The maximum atomic E-state index is 12.6. The van der Waals surface area contributed by atoms with Crippen LogP contribution in [0, 0.1) is 11.8 Å². The van der Waals surface area contributed by atoms with Gasteiger partial charge in [0, 0.05) is 6.42 Å². The summed E-state index contributed by atoms with van der Waals surface area (Å²) in [7, 11) is 0. The first-order valence-electron chi connectivity index (χ1n) is 10.5. The topological polar surface area (TPSA) is 171 Å². The summed E-state index contributed by atoms with van der Waals surface area (Å²) in [5.41, 5.74) is 6.45. The molecule has 0 heterocycles. The smallest absolute Gasteiger partial charge is 0.326 e. The third-order valence-electron chi connectivity index (χ3n) is 4.79. The highest BCUT2D eigenvalue weighted by atomic mass is 16.4. The molecule has 0 aliphatic rings. The number of amides is 3. The van der Waals surface area contributed by atoms with Gasteiger partial charge in [0.1, 0.15) is 17.8 Å². The van der Waals surface area contributed by atoms with Crippen LogP contribution in [0.2, 0.25) is 0 Å². The zero-order valence-corrected chi connectivity index (χ0v) is 18.9. The number of carboxylic acids is 1. The van der Waals surface area contributed by atoms with E-state index in [0.29, 0.717) is 12.0 Å². The molecule has 0 spiro atoms. The van der Waals surface area contributed by atoms with Gasteiger partial charge in [-0.2, -0.15) is 0 Å². The van der Waals surface area contributed by atoms with E-state index in [1.54, 1.807) is 26.0 Å². The van der Waals surface area contributed by atoms with Crippen molar-refractivity contribution in [3.8, 4) is 5.75 Å². The fourth-order valence-corrected chi connectivity index (χ4v) is 2.88. The molecule has 0 saturated carbocycles. The van der Waals surface area contributed by atoms with Crippen LogP contribution in [0.5, 0.6) is 5.75 Å². The van der Waals surface area contributed by atoms with Crippen molar-refractivity contribution in [2.75, 3.05) is 6.54 Å². The number of hydrogen-bond acceptors (Lipinski definition) is 6. The maximum absolute atomic E-state index is 12.6. The van der Waals surface area contributed by atoms with Gasteiger partial charge in [0.05, 0.1) is 12.6 Å². The van der Waals surface area contributed by atoms with Crippen molar-refractivity contribution in [1.82, 2.24) is 16.0 Å². The van der Waals surface area contributed by atoms with Gasteiger partial charge >= 0.3 is 5.97 Å². The molecular weight excluding hydrogens is 416 g/mol. The van der Waals surface area contributed by atoms with Crippen LogP contribution in [0.25, 0.3) is 0 Å². The van der Waals surface area contributed by atoms with Crippen LogP contribution in [0.15, 0.2) is 24.3 Å². The van der Waals surface area contributed by atoms with Crippen molar-refractivity contribution >= 4 is 23.7 Å². The number of carbonyl (C=O) groups excluding carboxylic acids is 3. The van der Waals surface area contributed by atoms with Gasteiger partial charge in [-0.1, -0.05) is 39.8 Å². The Labute approximate surface area is 187 Å². The lowest BCUT2D eigenvalue weighted by molar-refractivity contribution is -0.141. The Morgan fingerprint density at radius 3 is 2.03 bits per heavy atom. The average Bonchev–Trinajstić information content (AvgIpc) is 2.71. The Balaban J connectivity index is 2.68. The third-order valence-corrected chi connectivity index (χ3v) is 4.79. The molecule has 3 atom stereocenters. The Hall–Kier alpha value is -3.14. The second-order valence-electron chi connectivity index (χ2n) is 8.51. The van der Waals surface area contributed by atoms with Crippen LogP contribution in [0.1, 0.15) is 39.7 Å². The van der Waals surface area contributed by atoms with Gasteiger partial charge in [-0.05, 0) is 36.0 Å². The van der Waals surface area contributed by atoms with E-state index in [1.807, 2.05) is 13.8 Å². The quantitative estimate of drug-likeness (QED) is 0.263. The van der Waals surface area contributed by atoms with Crippen LogP contribution in [0.3, 0.4) is 0 Å². The van der Waals surface area contributed by atoms with E-state index in [-0.39, 0.29) is 24.0 Å². The summed E-state index contributed by atoms with van der Waals surface area (Å²) in [6, 6.07) is 3.11. The summed E-state index contributed by atoms with van der Waals surface area (Å²) in [4.78, 5) is 48.6. The summed E-state index contributed by atoms with van der Waals surface area (Å²) in [6.07, 6.45) is 0.358. The van der Waals surface area contributed by atoms with E-state index >= 15 is 0 Å². The van der Waals surface area contributed by atoms with Crippen molar-refractivity contribution in [3.05, 3.63) is 29.8 Å². The molecule has 1 rings (SSSR count). The van der Waals surface area contributed by atoms with Gasteiger partial charge in [0.25, 0.3) is 0 Å². The van der Waals surface area contributed by atoms with Crippen LogP contribution in [0.4, 0.5) is 0 Å². The SMILES string of the molecule is CC(C)CC(NC(=O)C(N)C(C)C)C(=O)NCC(=O)NC(Cc1ccc(O)cc1)C(=O)O. The van der Waals surface area contributed by atoms with Gasteiger partial charge < -0.3 is 31.9 Å². The average molecular weight is 451 g/mol. The second-order valence-corrected chi connectivity index (χ2v) is 8.51.